The lowest BCUT2D eigenvalue weighted by Crippen LogP contribution is -2.45. The molecule has 6 nitrogen and oxygen atoms in total. The second kappa shape index (κ2) is 7.55. The van der Waals surface area contributed by atoms with Gasteiger partial charge in [0.25, 0.3) is 0 Å². The van der Waals surface area contributed by atoms with E-state index < -0.39 is 11.9 Å². The largest absolute Gasteiger partial charge is 0.441 e. The number of aliphatic hydroxyl groups is 1. The average molecular weight is 349 g/mol. The molecule has 0 radical (unpaired) electrons. The standard InChI is InChI=1S/C17H23N3O3S/c1-12-8-19(9-13(2)24-12)10-15(21)11-20-16(18-23-17(20)22)14-6-4-3-5-7-14/h3-7,12-13,15,21H,8-11H2,1-2H3. The fraction of sp³-hybridized carbons (Fsp3) is 0.529. The lowest BCUT2D eigenvalue weighted by molar-refractivity contribution is 0.0957. The molecule has 3 rings (SSSR count). The maximum Gasteiger partial charge on any atom is 0.441 e. The summed E-state index contributed by atoms with van der Waals surface area (Å²) in [6.45, 7) is 7.04. The Morgan fingerprint density at radius 3 is 2.58 bits per heavy atom. The highest BCUT2D eigenvalue weighted by Gasteiger charge is 2.25. The van der Waals surface area contributed by atoms with E-state index in [0.717, 1.165) is 18.7 Å². The van der Waals surface area contributed by atoms with Crippen LogP contribution in [-0.4, -0.2) is 56.0 Å². The number of benzene rings is 1. The molecule has 1 aromatic carbocycles. The van der Waals surface area contributed by atoms with Crippen LogP contribution in [0.4, 0.5) is 0 Å². The number of hydrogen-bond donors (Lipinski definition) is 1. The van der Waals surface area contributed by atoms with Crippen LogP contribution in [0.25, 0.3) is 11.4 Å². The molecular weight excluding hydrogens is 326 g/mol. The predicted octanol–water partition coefficient (Wildman–Crippen LogP) is 1.69. The summed E-state index contributed by atoms with van der Waals surface area (Å²) in [5.74, 6) is -0.0839. The van der Waals surface area contributed by atoms with Crippen molar-refractivity contribution in [3.05, 3.63) is 40.9 Å². The van der Waals surface area contributed by atoms with Gasteiger partial charge in [-0.3, -0.25) is 14.0 Å². The third-order valence-corrected chi connectivity index (χ3v) is 5.30. The molecule has 1 aliphatic heterocycles. The predicted molar refractivity (Wildman–Crippen MR) is 95.2 cm³/mol. The van der Waals surface area contributed by atoms with E-state index in [9.17, 15) is 9.90 Å². The molecule has 0 amide bonds. The van der Waals surface area contributed by atoms with Crippen LogP contribution < -0.4 is 5.76 Å². The van der Waals surface area contributed by atoms with E-state index in [-0.39, 0.29) is 6.54 Å². The molecular formula is C17H23N3O3S. The molecule has 7 heteroatoms. The van der Waals surface area contributed by atoms with Gasteiger partial charge in [0, 0.05) is 35.7 Å². The van der Waals surface area contributed by atoms with Crippen LogP contribution in [0.2, 0.25) is 0 Å². The molecule has 1 saturated heterocycles. The molecule has 24 heavy (non-hydrogen) atoms. The maximum atomic E-state index is 12.0. The Hall–Kier alpha value is -1.57. The number of rotatable bonds is 5. The highest BCUT2D eigenvalue weighted by atomic mass is 32.2. The highest BCUT2D eigenvalue weighted by Crippen LogP contribution is 2.24. The molecule has 3 unspecified atom stereocenters. The Bertz CT molecular complexity index is 705. The normalized spacial score (nSPS) is 23.3. The third kappa shape index (κ3) is 4.09. The molecule has 1 N–H and O–H groups in total. The minimum Gasteiger partial charge on any atom is -0.390 e. The van der Waals surface area contributed by atoms with Crippen molar-refractivity contribution >= 4 is 11.8 Å². The zero-order chi connectivity index (χ0) is 17.1. The number of aromatic nitrogens is 2. The van der Waals surface area contributed by atoms with E-state index in [2.05, 4.69) is 23.9 Å². The van der Waals surface area contributed by atoms with Crippen molar-refractivity contribution in [2.45, 2.75) is 37.0 Å². The van der Waals surface area contributed by atoms with Gasteiger partial charge in [-0.1, -0.05) is 49.3 Å². The van der Waals surface area contributed by atoms with E-state index in [1.165, 1.54) is 4.57 Å². The van der Waals surface area contributed by atoms with Crippen LogP contribution in [0.1, 0.15) is 13.8 Å². The van der Waals surface area contributed by atoms with E-state index >= 15 is 0 Å². The van der Waals surface area contributed by atoms with Gasteiger partial charge in [-0.05, 0) is 0 Å². The molecule has 0 spiro atoms. The second-order valence-corrected chi connectivity index (χ2v) is 8.26. The summed E-state index contributed by atoms with van der Waals surface area (Å²) in [4.78, 5) is 14.2. The van der Waals surface area contributed by atoms with Gasteiger partial charge in [0.2, 0.25) is 0 Å². The molecule has 1 aromatic heterocycles. The fourth-order valence-electron chi connectivity index (χ4n) is 3.22. The van der Waals surface area contributed by atoms with Crippen LogP contribution in [-0.2, 0) is 6.54 Å². The first-order valence-electron chi connectivity index (χ1n) is 8.20. The lowest BCUT2D eigenvalue weighted by Gasteiger charge is -2.35. The minimum atomic E-state index is -0.646. The highest BCUT2D eigenvalue weighted by molar-refractivity contribution is 8.00. The summed E-state index contributed by atoms with van der Waals surface area (Å²) >= 11 is 1.98. The Kier molecular flexibility index (Phi) is 5.43. The molecule has 1 fully saturated rings. The van der Waals surface area contributed by atoms with Gasteiger partial charge in [0.15, 0.2) is 5.82 Å². The van der Waals surface area contributed by atoms with Gasteiger partial charge in [-0.2, -0.15) is 11.8 Å². The van der Waals surface area contributed by atoms with Crippen molar-refractivity contribution in [2.24, 2.45) is 0 Å². The van der Waals surface area contributed by atoms with Crippen LogP contribution in [0.15, 0.2) is 39.6 Å². The number of aliphatic hydroxyl groups excluding tert-OH is 1. The summed E-state index contributed by atoms with van der Waals surface area (Å²) in [7, 11) is 0. The smallest absolute Gasteiger partial charge is 0.390 e. The maximum absolute atomic E-state index is 12.0. The van der Waals surface area contributed by atoms with Gasteiger partial charge in [0.1, 0.15) is 0 Å². The van der Waals surface area contributed by atoms with E-state index in [4.69, 9.17) is 4.52 Å². The van der Waals surface area contributed by atoms with Crippen molar-refractivity contribution in [2.75, 3.05) is 19.6 Å². The van der Waals surface area contributed by atoms with E-state index in [0.29, 0.717) is 22.9 Å². The van der Waals surface area contributed by atoms with Gasteiger partial charge in [-0.25, -0.2) is 4.79 Å². The number of hydrogen-bond acceptors (Lipinski definition) is 6. The van der Waals surface area contributed by atoms with E-state index in [1.54, 1.807) is 0 Å². The third-order valence-electron chi connectivity index (χ3n) is 4.08. The Labute approximate surface area is 145 Å². The molecule has 0 saturated carbocycles. The number of β-amino-alcohol motifs (C(OH)–C–C–N with tert-alkyl or cyclic N) is 1. The summed E-state index contributed by atoms with van der Waals surface area (Å²) in [6.07, 6.45) is -0.646. The van der Waals surface area contributed by atoms with Crippen molar-refractivity contribution < 1.29 is 9.63 Å². The van der Waals surface area contributed by atoms with Gasteiger partial charge < -0.3 is 5.11 Å². The monoisotopic (exact) mass is 349 g/mol. The summed E-state index contributed by atoms with van der Waals surface area (Å²) in [5.41, 5.74) is 0.798. The first-order chi connectivity index (χ1) is 11.5. The van der Waals surface area contributed by atoms with Gasteiger partial charge in [0.05, 0.1) is 12.6 Å². The summed E-state index contributed by atoms with van der Waals surface area (Å²) < 4.78 is 6.21. The Morgan fingerprint density at radius 1 is 1.25 bits per heavy atom. The molecule has 1 aliphatic rings. The fourth-order valence-corrected chi connectivity index (χ4v) is 4.61. The summed E-state index contributed by atoms with van der Waals surface area (Å²) in [5, 5.41) is 15.4. The number of nitrogens with zero attached hydrogens (tertiary/aromatic N) is 3. The molecule has 2 aromatic rings. The van der Waals surface area contributed by atoms with Crippen LogP contribution in [0.5, 0.6) is 0 Å². The zero-order valence-corrected chi connectivity index (χ0v) is 14.8. The van der Waals surface area contributed by atoms with Gasteiger partial charge in [-0.15, -0.1) is 0 Å². The first-order valence-corrected chi connectivity index (χ1v) is 9.15. The van der Waals surface area contributed by atoms with Crippen molar-refractivity contribution in [1.82, 2.24) is 14.6 Å². The molecule has 0 aliphatic carbocycles. The topological polar surface area (TPSA) is 71.5 Å². The average Bonchev–Trinajstić information content (AvgIpc) is 2.88. The lowest BCUT2D eigenvalue weighted by atomic mass is 10.2. The summed E-state index contributed by atoms with van der Waals surface area (Å²) in [6, 6.07) is 9.39. The van der Waals surface area contributed by atoms with Crippen molar-refractivity contribution in [3.8, 4) is 11.4 Å². The zero-order valence-electron chi connectivity index (χ0n) is 14.0. The molecule has 2 heterocycles. The van der Waals surface area contributed by atoms with Crippen molar-refractivity contribution in [3.63, 3.8) is 0 Å². The van der Waals surface area contributed by atoms with E-state index in [1.807, 2.05) is 42.1 Å². The number of thioether (sulfide) groups is 1. The van der Waals surface area contributed by atoms with Crippen LogP contribution in [0, 0.1) is 0 Å². The van der Waals surface area contributed by atoms with Crippen LogP contribution in [0.3, 0.4) is 0 Å². The van der Waals surface area contributed by atoms with Crippen molar-refractivity contribution in [1.29, 1.82) is 0 Å². The Balaban J connectivity index is 1.70. The first kappa shape index (κ1) is 17.3. The quantitative estimate of drug-likeness (QED) is 0.886. The molecule has 0 bridgehead atoms. The Morgan fingerprint density at radius 2 is 1.92 bits per heavy atom. The van der Waals surface area contributed by atoms with Gasteiger partial charge >= 0.3 is 5.76 Å². The SMILES string of the molecule is CC1CN(CC(O)Cn2c(-c3ccccc3)noc2=O)CC(C)S1. The second-order valence-electron chi connectivity index (χ2n) is 6.38. The molecule has 3 atom stereocenters. The molecule has 130 valence electrons. The van der Waals surface area contributed by atoms with Crippen LogP contribution >= 0.6 is 11.8 Å². The minimum absolute atomic E-state index is 0.180.